The number of fused-ring (bicyclic) bond motifs is 7. The van der Waals surface area contributed by atoms with Crippen molar-refractivity contribution in [3.8, 4) is 0 Å². The van der Waals surface area contributed by atoms with Crippen molar-refractivity contribution < 1.29 is 18.7 Å². The van der Waals surface area contributed by atoms with E-state index in [9.17, 15) is 18.7 Å². The van der Waals surface area contributed by atoms with Crippen LogP contribution in [-0.4, -0.2) is 23.3 Å². The molecule has 5 aliphatic rings. The molecule has 10 atom stereocenters. The fraction of sp³-hybridized carbons (Fsp3) is 0.784. The largest absolute Gasteiger partial charge is 0.481 e. The zero-order valence-corrected chi connectivity index (χ0v) is 27.0. The lowest BCUT2D eigenvalue weighted by Crippen LogP contribution is -2.67. The van der Waals surface area contributed by atoms with Gasteiger partial charge in [-0.15, -0.1) is 0 Å². The van der Waals surface area contributed by atoms with E-state index in [4.69, 9.17) is 4.99 Å². The molecule has 0 aliphatic heterocycles. The molecule has 6 rings (SSSR count). The number of carboxylic acids is 1. The third-order valence-corrected chi connectivity index (χ3v) is 15.1. The van der Waals surface area contributed by atoms with Gasteiger partial charge in [0.05, 0.1) is 11.5 Å². The van der Waals surface area contributed by atoms with Crippen LogP contribution in [0.5, 0.6) is 0 Å². The maximum Gasteiger partial charge on any atom is 0.309 e. The van der Waals surface area contributed by atoms with Crippen molar-refractivity contribution in [2.45, 2.75) is 119 Å². The van der Waals surface area contributed by atoms with E-state index >= 15 is 0 Å². The highest BCUT2D eigenvalue weighted by molar-refractivity contribution is 5.80. The van der Waals surface area contributed by atoms with Gasteiger partial charge < -0.3 is 5.11 Å². The van der Waals surface area contributed by atoms with Gasteiger partial charge in [0.25, 0.3) is 0 Å². The summed E-state index contributed by atoms with van der Waals surface area (Å²) < 4.78 is 27.8. The van der Waals surface area contributed by atoms with Crippen molar-refractivity contribution in [3.05, 3.63) is 35.4 Å². The minimum atomic E-state index is -0.564. The summed E-state index contributed by atoms with van der Waals surface area (Å²) in [5.41, 5.74) is 0.351. The van der Waals surface area contributed by atoms with E-state index in [0.717, 1.165) is 57.4 Å². The molecule has 0 radical (unpaired) electrons. The molecule has 0 heterocycles. The minimum Gasteiger partial charge on any atom is -0.481 e. The van der Waals surface area contributed by atoms with Gasteiger partial charge in [0.15, 0.2) is 0 Å². The van der Waals surface area contributed by atoms with Gasteiger partial charge in [0, 0.05) is 17.8 Å². The SMILES string of the molecule is CC(C)[C@@H]1CCC2(C(=O)O)CC[C@]3(C)[C@H](CCC4[C@@]5(C)CCC(N=Cc6ccc(F)cc6F)C(C)(C)[C@@H]5CC[C@]43C)C12. The second kappa shape index (κ2) is 9.86. The van der Waals surface area contributed by atoms with E-state index in [0.29, 0.717) is 41.1 Å². The lowest BCUT2D eigenvalue weighted by Gasteiger charge is -2.72. The second-order valence-electron chi connectivity index (χ2n) is 16.9. The van der Waals surface area contributed by atoms with E-state index in [-0.39, 0.29) is 27.7 Å². The first-order chi connectivity index (χ1) is 19.6. The number of rotatable bonds is 4. The van der Waals surface area contributed by atoms with Gasteiger partial charge in [-0.05, 0) is 134 Å². The van der Waals surface area contributed by atoms with Crippen molar-refractivity contribution >= 4 is 12.2 Å². The molecule has 232 valence electrons. The first-order valence-electron chi connectivity index (χ1n) is 16.8. The van der Waals surface area contributed by atoms with Gasteiger partial charge in [0.1, 0.15) is 11.6 Å². The summed E-state index contributed by atoms with van der Waals surface area (Å²) in [5.74, 6) is 1.30. The number of benzene rings is 1. The van der Waals surface area contributed by atoms with Crippen molar-refractivity contribution in [1.82, 2.24) is 0 Å². The Kier molecular flexibility index (Phi) is 7.10. The Morgan fingerprint density at radius 3 is 2.31 bits per heavy atom. The molecule has 0 bridgehead atoms. The van der Waals surface area contributed by atoms with Gasteiger partial charge >= 0.3 is 5.97 Å². The van der Waals surface area contributed by atoms with Crippen LogP contribution in [0.2, 0.25) is 0 Å². The number of carboxylic acid groups (broad SMARTS) is 1. The van der Waals surface area contributed by atoms with Crippen LogP contribution in [0.25, 0.3) is 0 Å². The zero-order valence-electron chi connectivity index (χ0n) is 27.0. The van der Waals surface area contributed by atoms with Gasteiger partial charge in [0.2, 0.25) is 0 Å². The Hall–Kier alpha value is -1.78. The summed E-state index contributed by atoms with van der Waals surface area (Å²) in [6, 6.07) is 3.82. The zero-order chi connectivity index (χ0) is 30.5. The number of hydrogen-bond acceptors (Lipinski definition) is 2. The van der Waals surface area contributed by atoms with E-state index < -0.39 is 23.0 Å². The molecule has 1 aromatic carbocycles. The molecule has 3 nitrogen and oxygen atoms in total. The Bertz CT molecular complexity index is 1270. The van der Waals surface area contributed by atoms with Crippen LogP contribution in [0.15, 0.2) is 23.2 Å². The summed E-state index contributed by atoms with van der Waals surface area (Å²) in [7, 11) is 0. The summed E-state index contributed by atoms with van der Waals surface area (Å²) in [6.07, 6.45) is 12.3. The highest BCUT2D eigenvalue weighted by Crippen LogP contribution is 2.77. The second-order valence-corrected chi connectivity index (χ2v) is 16.9. The van der Waals surface area contributed by atoms with E-state index in [1.165, 1.54) is 25.0 Å². The van der Waals surface area contributed by atoms with Crippen LogP contribution in [-0.2, 0) is 4.79 Å². The van der Waals surface area contributed by atoms with Gasteiger partial charge in [-0.25, -0.2) is 8.78 Å². The van der Waals surface area contributed by atoms with E-state index in [1.807, 2.05) is 0 Å². The molecular formula is C37H53F2NO2. The maximum atomic E-state index is 14.4. The lowest BCUT2D eigenvalue weighted by molar-refractivity contribution is -0.241. The third-order valence-electron chi connectivity index (χ3n) is 15.1. The molecule has 42 heavy (non-hydrogen) atoms. The average molecular weight is 582 g/mol. The molecular weight excluding hydrogens is 528 g/mol. The van der Waals surface area contributed by atoms with E-state index in [2.05, 4.69) is 48.5 Å². The first kappa shape index (κ1) is 30.3. The fourth-order valence-corrected chi connectivity index (χ4v) is 12.8. The van der Waals surface area contributed by atoms with Crippen molar-refractivity contribution in [2.24, 2.45) is 67.6 Å². The normalized spacial score (nSPS) is 46.1. The quantitative estimate of drug-likeness (QED) is 0.360. The average Bonchev–Trinajstić information content (AvgIpc) is 3.31. The number of aliphatic imine (C=N–C) groups is 1. The molecule has 4 unspecified atom stereocenters. The van der Waals surface area contributed by atoms with Crippen LogP contribution in [0.1, 0.15) is 118 Å². The van der Waals surface area contributed by atoms with Crippen LogP contribution in [0, 0.1) is 74.2 Å². The lowest BCUT2D eigenvalue weighted by atomic mass is 9.32. The predicted molar refractivity (Wildman–Crippen MR) is 164 cm³/mol. The number of halogens is 2. The van der Waals surface area contributed by atoms with Crippen molar-refractivity contribution in [3.63, 3.8) is 0 Å². The van der Waals surface area contributed by atoms with E-state index in [1.54, 1.807) is 6.21 Å². The van der Waals surface area contributed by atoms with Crippen LogP contribution in [0.3, 0.4) is 0 Å². The molecule has 1 N–H and O–H groups in total. The van der Waals surface area contributed by atoms with Crippen LogP contribution < -0.4 is 0 Å². The molecule has 0 spiro atoms. The molecule has 0 saturated heterocycles. The number of carbonyl (C=O) groups is 1. The van der Waals surface area contributed by atoms with Crippen LogP contribution in [0.4, 0.5) is 8.78 Å². The number of hydrogen-bond donors (Lipinski definition) is 1. The number of aliphatic carboxylic acids is 1. The highest BCUT2D eigenvalue weighted by Gasteiger charge is 2.72. The van der Waals surface area contributed by atoms with Gasteiger partial charge in [-0.2, -0.15) is 0 Å². The maximum absolute atomic E-state index is 14.4. The summed E-state index contributed by atoms with van der Waals surface area (Å²) >= 11 is 0. The molecule has 0 amide bonds. The Morgan fingerprint density at radius 1 is 0.905 bits per heavy atom. The monoisotopic (exact) mass is 581 g/mol. The standard InChI is InChI=1S/C37H53F2NO2/c1-22(2)25-12-17-37(32(41)42)19-18-35(6)26(31(25)37)10-11-29-34(5)15-14-30(33(3,4)28(34)13-16-36(29,35)7)40-21-23-8-9-24(38)20-27(23)39/h8-9,20-22,25-26,28-31H,10-19H2,1-7H3,(H,41,42)/t25-,26+,28-,29?,30?,31?,34-,35+,36+,37?/m0/s1. The van der Waals surface area contributed by atoms with Crippen molar-refractivity contribution in [1.29, 1.82) is 0 Å². The van der Waals surface area contributed by atoms with Gasteiger partial charge in [-0.1, -0.05) is 48.5 Å². The summed E-state index contributed by atoms with van der Waals surface area (Å²) in [6.45, 7) is 17.1. The molecule has 1 aromatic rings. The smallest absolute Gasteiger partial charge is 0.309 e. The fourth-order valence-electron chi connectivity index (χ4n) is 12.8. The number of nitrogens with zero attached hydrogens (tertiary/aromatic N) is 1. The van der Waals surface area contributed by atoms with Crippen LogP contribution >= 0.6 is 0 Å². The molecule has 5 saturated carbocycles. The topological polar surface area (TPSA) is 49.7 Å². The van der Waals surface area contributed by atoms with Crippen molar-refractivity contribution in [2.75, 3.05) is 0 Å². The molecule has 5 aliphatic carbocycles. The molecule has 5 fully saturated rings. The highest BCUT2D eigenvalue weighted by atomic mass is 19.1. The summed E-state index contributed by atoms with van der Waals surface area (Å²) in [5, 5.41) is 10.6. The predicted octanol–water partition coefficient (Wildman–Crippen LogP) is 9.57. The minimum absolute atomic E-state index is 0.0295. The van der Waals surface area contributed by atoms with Gasteiger partial charge in [-0.3, -0.25) is 9.79 Å². The Morgan fingerprint density at radius 2 is 1.64 bits per heavy atom. The summed E-state index contributed by atoms with van der Waals surface area (Å²) in [4.78, 5) is 17.9. The molecule has 0 aromatic heterocycles. The first-order valence-corrected chi connectivity index (χ1v) is 16.8. The molecule has 5 heteroatoms. The Labute approximate surface area is 252 Å². The third kappa shape index (κ3) is 3.99. The Balaban J connectivity index is 1.30.